The van der Waals surface area contributed by atoms with Gasteiger partial charge in [-0.25, -0.2) is 27.4 Å². The number of nitrogens with zero attached hydrogens (tertiary/aromatic N) is 5. The summed E-state index contributed by atoms with van der Waals surface area (Å²) in [5.74, 6) is 1.77. The maximum atomic E-state index is 12.4. The lowest BCUT2D eigenvalue weighted by Crippen LogP contribution is -2.40. The third-order valence-corrected chi connectivity index (χ3v) is 7.92. The predicted octanol–water partition coefficient (Wildman–Crippen LogP) is 4.02. The zero-order chi connectivity index (χ0) is 24.4. The molecule has 0 unspecified atom stereocenters. The van der Waals surface area contributed by atoms with E-state index >= 15 is 0 Å². The zero-order valence-corrected chi connectivity index (χ0v) is 19.9. The Bertz CT molecular complexity index is 1440. The van der Waals surface area contributed by atoms with Crippen LogP contribution in [-0.4, -0.2) is 51.3 Å². The van der Waals surface area contributed by atoms with Gasteiger partial charge in [0.2, 0.25) is 10.0 Å². The summed E-state index contributed by atoms with van der Waals surface area (Å²) in [4.78, 5) is 8.66. The predicted molar refractivity (Wildman–Crippen MR) is 136 cm³/mol. The molecular weight excluding hydrogens is 464 g/mol. The molecule has 3 heterocycles. The highest BCUT2D eigenvalue weighted by Crippen LogP contribution is 2.35. The Balaban J connectivity index is 1.43. The summed E-state index contributed by atoms with van der Waals surface area (Å²) in [5, 5.41) is 5.58. The van der Waals surface area contributed by atoms with Crippen LogP contribution < -0.4 is 10.5 Å². The fourth-order valence-corrected chi connectivity index (χ4v) is 5.65. The summed E-state index contributed by atoms with van der Waals surface area (Å²) in [6.45, 7) is 4.39. The molecule has 10 heteroatoms. The molecule has 0 amide bonds. The number of hydrogen-bond acceptors (Lipinski definition) is 7. The third-order valence-electron chi connectivity index (χ3n) is 6.12. The van der Waals surface area contributed by atoms with Crippen LogP contribution in [0.4, 0.5) is 5.82 Å². The number of hydrogen-bond donors (Lipinski definition) is 1. The second kappa shape index (κ2) is 9.47. The maximum Gasteiger partial charge on any atom is 0.217 e. The summed E-state index contributed by atoms with van der Waals surface area (Å²) in [5.41, 5.74) is 8.45. The number of piperidine rings is 1. The van der Waals surface area contributed by atoms with E-state index in [0.717, 1.165) is 11.3 Å². The SMILES string of the molecule is C=CCS(=O)(=O)N1CCC(n2nc(-c3ccc(Oc4ccccc4)cc3)c3c(N)ncnc32)CC1. The lowest BCUT2D eigenvalue weighted by Gasteiger charge is -2.31. The third kappa shape index (κ3) is 4.62. The maximum absolute atomic E-state index is 12.4. The van der Waals surface area contributed by atoms with Crippen molar-refractivity contribution in [3.8, 4) is 22.8 Å². The van der Waals surface area contributed by atoms with Crippen LogP contribution in [0.15, 0.2) is 73.6 Å². The molecule has 0 spiro atoms. The summed E-state index contributed by atoms with van der Waals surface area (Å²) in [6.07, 6.45) is 4.10. The second-order valence-corrected chi connectivity index (χ2v) is 10.4. The number of para-hydroxylation sites is 1. The van der Waals surface area contributed by atoms with Crippen molar-refractivity contribution in [1.29, 1.82) is 0 Å². The second-order valence-electron chi connectivity index (χ2n) is 8.39. The molecule has 0 bridgehead atoms. The normalized spacial score (nSPS) is 15.3. The van der Waals surface area contributed by atoms with Crippen molar-refractivity contribution >= 4 is 26.9 Å². The van der Waals surface area contributed by atoms with Gasteiger partial charge >= 0.3 is 0 Å². The van der Waals surface area contributed by atoms with Crippen LogP contribution in [0.5, 0.6) is 11.5 Å². The lowest BCUT2D eigenvalue weighted by molar-refractivity contribution is 0.265. The first-order valence-corrected chi connectivity index (χ1v) is 13.0. The highest BCUT2D eigenvalue weighted by atomic mass is 32.2. The first-order chi connectivity index (χ1) is 17.0. The van der Waals surface area contributed by atoms with Crippen LogP contribution in [0.3, 0.4) is 0 Å². The zero-order valence-electron chi connectivity index (χ0n) is 19.1. The standard InChI is InChI=1S/C25H26N6O3S/c1-2-16-35(32,33)30-14-12-19(13-15-30)31-25-22(24(26)27-17-28-25)23(29-31)18-8-10-21(11-9-18)34-20-6-4-3-5-7-20/h2-11,17,19H,1,12-16H2,(H2,26,27,28). The Labute approximate surface area is 203 Å². The van der Waals surface area contributed by atoms with E-state index in [2.05, 4.69) is 16.5 Å². The van der Waals surface area contributed by atoms with E-state index in [1.165, 1.54) is 16.7 Å². The quantitative estimate of drug-likeness (QED) is 0.389. The van der Waals surface area contributed by atoms with Crippen LogP contribution in [0.25, 0.3) is 22.3 Å². The van der Waals surface area contributed by atoms with Crippen molar-refractivity contribution in [2.75, 3.05) is 24.6 Å². The van der Waals surface area contributed by atoms with Gasteiger partial charge in [0.1, 0.15) is 29.3 Å². The van der Waals surface area contributed by atoms with Gasteiger partial charge in [-0.3, -0.25) is 0 Å². The van der Waals surface area contributed by atoms with E-state index in [9.17, 15) is 8.42 Å². The Morgan fingerprint density at radius 3 is 2.40 bits per heavy atom. The molecule has 2 aromatic carbocycles. The molecule has 1 aliphatic heterocycles. The fraction of sp³-hybridized carbons (Fsp3) is 0.240. The minimum absolute atomic E-state index is 0.00332. The minimum atomic E-state index is -3.32. The highest BCUT2D eigenvalue weighted by Gasteiger charge is 2.30. The number of fused-ring (bicyclic) bond motifs is 1. The van der Waals surface area contributed by atoms with E-state index in [1.54, 1.807) is 0 Å². The molecule has 5 rings (SSSR count). The molecule has 4 aromatic rings. The smallest absolute Gasteiger partial charge is 0.217 e. The van der Waals surface area contributed by atoms with E-state index in [1.807, 2.05) is 59.3 Å². The minimum Gasteiger partial charge on any atom is -0.457 e. The lowest BCUT2D eigenvalue weighted by atomic mass is 10.1. The van der Waals surface area contributed by atoms with Gasteiger partial charge in [-0.1, -0.05) is 24.3 Å². The van der Waals surface area contributed by atoms with E-state index < -0.39 is 10.0 Å². The molecule has 1 fully saturated rings. The summed E-state index contributed by atoms with van der Waals surface area (Å²) in [7, 11) is -3.32. The molecule has 1 aliphatic rings. The average Bonchev–Trinajstić information content (AvgIpc) is 3.26. The van der Waals surface area contributed by atoms with Gasteiger partial charge in [-0.15, -0.1) is 6.58 Å². The van der Waals surface area contributed by atoms with Crippen LogP contribution >= 0.6 is 0 Å². The van der Waals surface area contributed by atoms with E-state index in [-0.39, 0.29) is 11.8 Å². The Morgan fingerprint density at radius 1 is 1.03 bits per heavy atom. The molecule has 0 radical (unpaired) electrons. The van der Waals surface area contributed by atoms with E-state index in [4.69, 9.17) is 15.6 Å². The van der Waals surface area contributed by atoms with Crippen LogP contribution in [-0.2, 0) is 10.0 Å². The molecule has 0 saturated carbocycles. The van der Waals surface area contributed by atoms with Crippen molar-refractivity contribution < 1.29 is 13.2 Å². The number of aromatic nitrogens is 4. The van der Waals surface area contributed by atoms with Gasteiger partial charge < -0.3 is 10.5 Å². The Morgan fingerprint density at radius 2 is 1.71 bits per heavy atom. The molecule has 0 atom stereocenters. The molecule has 2 N–H and O–H groups in total. The molecule has 0 aliphatic carbocycles. The largest absolute Gasteiger partial charge is 0.457 e. The van der Waals surface area contributed by atoms with Crippen molar-refractivity contribution in [1.82, 2.24) is 24.1 Å². The van der Waals surface area contributed by atoms with Crippen LogP contribution in [0, 0.1) is 0 Å². The highest BCUT2D eigenvalue weighted by molar-refractivity contribution is 7.89. The van der Waals surface area contributed by atoms with Crippen molar-refractivity contribution in [3.63, 3.8) is 0 Å². The van der Waals surface area contributed by atoms with Crippen LogP contribution in [0.1, 0.15) is 18.9 Å². The number of nitrogen functional groups attached to an aromatic ring is 1. The van der Waals surface area contributed by atoms with E-state index in [0.29, 0.717) is 54.2 Å². The molecule has 1 saturated heterocycles. The monoisotopic (exact) mass is 490 g/mol. The number of benzene rings is 2. The van der Waals surface area contributed by atoms with Crippen LogP contribution in [0.2, 0.25) is 0 Å². The molecule has 2 aromatic heterocycles. The number of rotatable bonds is 7. The first-order valence-electron chi connectivity index (χ1n) is 11.4. The Kier molecular flexibility index (Phi) is 6.23. The van der Waals surface area contributed by atoms with Gasteiger partial charge in [0, 0.05) is 18.7 Å². The first kappa shape index (κ1) is 23.0. The van der Waals surface area contributed by atoms with Crippen molar-refractivity contribution in [2.45, 2.75) is 18.9 Å². The topological polar surface area (TPSA) is 116 Å². The summed E-state index contributed by atoms with van der Waals surface area (Å²) >= 11 is 0. The number of sulfonamides is 1. The van der Waals surface area contributed by atoms with Gasteiger partial charge in [0.15, 0.2) is 5.65 Å². The van der Waals surface area contributed by atoms with Crippen molar-refractivity contribution in [2.24, 2.45) is 0 Å². The van der Waals surface area contributed by atoms with Gasteiger partial charge in [0.05, 0.1) is 17.2 Å². The number of nitrogens with two attached hydrogens (primary N) is 1. The fourth-order valence-electron chi connectivity index (χ4n) is 4.38. The molecule has 180 valence electrons. The molecule has 9 nitrogen and oxygen atoms in total. The average molecular weight is 491 g/mol. The summed E-state index contributed by atoms with van der Waals surface area (Å²) in [6, 6.07) is 17.2. The van der Waals surface area contributed by atoms with Gasteiger partial charge in [-0.2, -0.15) is 5.10 Å². The van der Waals surface area contributed by atoms with Gasteiger partial charge in [-0.05, 0) is 49.2 Å². The summed E-state index contributed by atoms with van der Waals surface area (Å²) < 4.78 is 34.1. The number of ether oxygens (including phenoxy) is 1. The number of anilines is 1. The molecule has 35 heavy (non-hydrogen) atoms. The van der Waals surface area contributed by atoms with Gasteiger partial charge in [0.25, 0.3) is 0 Å². The Hall–Kier alpha value is -3.76. The van der Waals surface area contributed by atoms with Crippen molar-refractivity contribution in [3.05, 3.63) is 73.6 Å². The molecular formula is C25H26N6O3S.